The van der Waals surface area contributed by atoms with Crippen molar-refractivity contribution in [2.24, 2.45) is 10.8 Å². The molecule has 0 amide bonds. The summed E-state index contributed by atoms with van der Waals surface area (Å²) in [5.74, 6) is 0. The van der Waals surface area contributed by atoms with Crippen LogP contribution in [0.3, 0.4) is 0 Å². The Bertz CT molecular complexity index is 1050. The summed E-state index contributed by atoms with van der Waals surface area (Å²) < 4.78 is 1.73. The SMILES string of the molecule is CC1=CC2=C(CCCC2(C)C)[CH]1[Zr+2](=[SiH]Cc1ccccc1)[CH]1C(C)=CC2=C1CCCC2(C)C.[Cl-].[Cl-]. The molecule has 5 rings (SSSR count). The predicted octanol–water partition coefficient (Wildman–Crippen LogP) is 2.67. The van der Waals surface area contributed by atoms with Crippen LogP contribution in [0.15, 0.2) is 75.9 Å². The number of allylic oxidation sites excluding steroid dienone is 8. The third-order valence-corrected chi connectivity index (χ3v) is 26.4. The Balaban J connectivity index is 0.00000171. The van der Waals surface area contributed by atoms with Gasteiger partial charge in [0.25, 0.3) is 0 Å². The van der Waals surface area contributed by atoms with Gasteiger partial charge in [-0.05, 0) is 0 Å². The van der Waals surface area contributed by atoms with Crippen LogP contribution in [-0.4, -0.2) is 6.16 Å². The Kier molecular flexibility index (Phi) is 9.50. The minimum Gasteiger partial charge on any atom is -1.00 e. The average Bonchev–Trinajstić information content (AvgIpc) is 3.28. The van der Waals surface area contributed by atoms with Crippen LogP contribution in [0.1, 0.15) is 85.6 Å². The molecule has 1 aromatic rings. The maximum atomic E-state index is 2.68. The van der Waals surface area contributed by atoms with E-state index in [0.717, 1.165) is 7.25 Å². The molecule has 4 heteroatoms. The summed E-state index contributed by atoms with van der Waals surface area (Å²) in [6, 6.07) is 12.8. The fourth-order valence-corrected chi connectivity index (χ4v) is 28.3. The zero-order valence-corrected chi connectivity index (χ0v) is 27.6. The zero-order valence-electron chi connectivity index (χ0n) is 22.5. The number of rotatable bonds is 4. The molecule has 1 aromatic carbocycles. The molecule has 0 radical (unpaired) electrons. The molecule has 0 aromatic heterocycles. The minimum absolute atomic E-state index is 0. The smallest absolute Gasteiger partial charge is 1.00 e. The average molecular weight is 605 g/mol. The van der Waals surface area contributed by atoms with E-state index < -0.39 is 20.4 Å². The maximum Gasteiger partial charge on any atom is -1.00 e. The fourth-order valence-electron chi connectivity index (χ4n) is 7.38. The molecular weight excluding hydrogens is 563 g/mol. The molecule has 0 saturated carbocycles. The van der Waals surface area contributed by atoms with E-state index in [1.165, 1.54) is 44.6 Å². The molecule has 0 heterocycles. The van der Waals surface area contributed by atoms with Crippen molar-refractivity contribution in [2.45, 2.75) is 93.4 Å². The van der Waals surface area contributed by atoms with Crippen LogP contribution < -0.4 is 24.8 Å². The standard InChI is InChI=1S/2C12H17.C7H8Si.2ClH.Zr/c2*1-9-7-10-5-4-6-12(2,3)11(10)8-9;8-6-7-4-2-1-3-5-7;;;/h2*7-8H,4-6H2,1-3H3;1-5,8H,6H2;2*1H;/q;;;;;+2/p-2. The van der Waals surface area contributed by atoms with Crippen molar-refractivity contribution in [3.8, 4) is 0 Å². The molecule has 4 aliphatic carbocycles. The van der Waals surface area contributed by atoms with E-state index in [9.17, 15) is 0 Å². The van der Waals surface area contributed by atoms with E-state index in [1.54, 1.807) is 27.9 Å². The summed E-state index contributed by atoms with van der Waals surface area (Å²) in [4.78, 5) is 0. The van der Waals surface area contributed by atoms with Gasteiger partial charge in [-0.2, -0.15) is 0 Å². The first-order valence-electron chi connectivity index (χ1n) is 13.3. The van der Waals surface area contributed by atoms with Crippen molar-refractivity contribution in [3.63, 3.8) is 0 Å². The molecular formula is C31H42Cl2SiZr. The quantitative estimate of drug-likeness (QED) is 0.464. The Hall–Kier alpha value is -0.140. The third-order valence-electron chi connectivity index (χ3n) is 9.08. The molecule has 0 fully saturated rings. The second-order valence-corrected chi connectivity index (χ2v) is 25.5. The summed E-state index contributed by atoms with van der Waals surface area (Å²) in [7, 11) is 0. The largest absolute Gasteiger partial charge is 1.00 e. The monoisotopic (exact) mass is 602 g/mol. The van der Waals surface area contributed by atoms with E-state index >= 15 is 0 Å². The normalized spacial score (nSPS) is 25.9. The fraction of sp³-hybridized carbons (Fsp3) is 0.548. The summed E-state index contributed by atoms with van der Waals surface area (Å²) >= 11 is -1.87. The van der Waals surface area contributed by atoms with Gasteiger partial charge in [0.05, 0.1) is 0 Å². The van der Waals surface area contributed by atoms with Crippen LogP contribution in [0.25, 0.3) is 0 Å². The van der Waals surface area contributed by atoms with Gasteiger partial charge in [-0.3, -0.25) is 0 Å². The first-order valence-corrected chi connectivity index (χ1v) is 21.8. The first kappa shape index (κ1) is 29.4. The van der Waals surface area contributed by atoms with Gasteiger partial charge in [0, 0.05) is 0 Å². The molecule has 2 atom stereocenters. The van der Waals surface area contributed by atoms with Gasteiger partial charge in [0.15, 0.2) is 0 Å². The van der Waals surface area contributed by atoms with Crippen LogP contribution in [0.5, 0.6) is 0 Å². The van der Waals surface area contributed by atoms with Gasteiger partial charge in [-0.1, -0.05) is 0 Å². The molecule has 0 saturated heterocycles. The van der Waals surface area contributed by atoms with Crippen LogP contribution in [0.2, 0.25) is 7.25 Å². The number of hydrogen-bond donors (Lipinski definition) is 0. The third kappa shape index (κ3) is 5.53. The van der Waals surface area contributed by atoms with E-state index in [0.29, 0.717) is 17.0 Å². The number of halogens is 2. The molecule has 0 aliphatic heterocycles. The Morgan fingerprint density at radius 1 is 0.771 bits per heavy atom. The van der Waals surface area contributed by atoms with Crippen LogP contribution in [0, 0.1) is 10.8 Å². The minimum atomic E-state index is -1.87. The molecule has 0 nitrogen and oxygen atoms in total. The van der Waals surface area contributed by atoms with Crippen molar-refractivity contribution in [1.29, 1.82) is 0 Å². The topological polar surface area (TPSA) is 0 Å². The second kappa shape index (κ2) is 11.3. The Morgan fingerprint density at radius 2 is 1.23 bits per heavy atom. The molecule has 0 spiro atoms. The molecule has 0 N–H and O–H groups in total. The van der Waals surface area contributed by atoms with Gasteiger partial charge < -0.3 is 24.8 Å². The molecule has 4 aliphatic rings. The van der Waals surface area contributed by atoms with Gasteiger partial charge in [0.2, 0.25) is 0 Å². The van der Waals surface area contributed by atoms with Crippen molar-refractivity contribution in [2.75, 3.05) is 0 Å². The van der Waals surface area contributed by atoms with Crippen molar-refractivity contribution in [3.05, 3.63) is 81.5 Å². The summed E-state index contributed by atoms with van der Waals surface area (Å²) in [5, 5.41) is 0. The van der Waals surface area contributed by atoms with E-state index in [-0.39, 0.29) is 24.8 Å². The van der Waals surface area contributed by atoms with Crippen molar-refractivity contribution < 1.29 is 45.2 Å². The Morgan fingerprint density at radius 3 is 1.69 bits per heavy atom. The van der Waals surface area contributed by atoms with Crippen LogP contribution in [0.4, 0.5) is 0 Å². The molecule has 35 heavy (non-hydrogen) atoms. The van der Waals surface area contributed by atoms with Gasteiger partial charge in [-0.25, -0.2) is 0 Å². The summed E-state index contributed by atoms with van der Waals surface area (Å²) in [5.41, 5.74) is 13.2. The van der Waals surface area contributed by atoms with Gasteiger partial charge in [0.1, 0.15) is 0 Å². The summed E-state index contributed by atoms with van der Waals surface area (Å²) in [6.07, 6.45) is 14.1. The van der Waals surface area contributed by atoms with E-state index in [1.807, 2.05) is 11.1 Å². The van der Waals surface area contributed by atoms with E-state index in [2.05, 4.69) is 84.0 Å². The van der Waals surface area contributed by atoms with Crippen molar-refractivity contribution in [1.82, 2.24) is 0 Å². The molecule has 2 unspecified atom stereocenters. The van der Waals surface area contributed by atoms with Gasteiger partial charge >= 0.3 is 212 Å². The summed E-state index contributed by atoms with van der Waals surface area (Å²) in [6.45, 7) is 15.1. The molecule has 188 valence electrons. The predicted molar refractivity (Wildman–Crippen MR) is 142 cm³/mol. The zero-order chi connectivity index (χ0) is 23.4. The maximum absolute atomic E-state index is 2.68. The van der Waals surface area contributed by atoms with Crippen LogP contribution >= 0.6 is 0 Å². The van der Waals surface area contributed by atoms with E-state index in [4.69, 9.17) is 0 Å². The van der Waals surface area contributed by atoms with Crippen molar-refractivity contribution >= 4 is 6.16 Å². The number of benzene rings is 1. The second-order valence-electron chi connectivity index (χ2n) is 12.4. The first-order chi connectivity index (χ1) is 15.7. The molecule has 0 bridgehead atoms. The Labute approximate surface area is 235 Å². The number of hydrogen-bond acceptors (Lipinski definition) is 0. The van der Waals surface area contributed by atoms with Crippen LogP contribution in [-0.2, 0) is 26.4 Å². The van der Waals surface area contributed by atoms with Gasteiger partial charge in [-0.15, -0.1) is 0 Å².